The molecule has 0 unspecified atom stereocenters. The summed E-state index contributed by atoms with van der Waals surface area (Å²) in [6, 6.07) is -0.0103. The van der Waals surface area contributed by atoms with Crippen molar-refractivity contribution in [3.8, 4) is 0 Å². The first kappa shape index (κ1) is 20.6. The maximum Gasteiger partial charge on any atom is 0.310 e. The molecule has 0 saturated heterocycles. The Balaban J connectivity index is 3.99. The zero-order valence-electron chi connectivity index (χ0n) is 12.3. The van der Waals surface area contributed by atoms with Gasteiger partial charge in [-0.3, -0.25) is 4.79 Å². The van der Waals surface area contributed by atoms with E-state index in [4.69, 9.17) is 0 Å². The van der Waals surface area contributed by atoms with Crippen molar-refractivity contribution in [1.82, 2.24) is 0 Å². The van der Waals surface area contributed by atoms with Gasteiger partial charge in [-0.25, -0.2) is 16.8 Å². The number of sulfonamides is 2. The lowest BCUT2D eigenvalue weighted by atomic mass is 10.1. The van der Waals surface area contributed by atoms with E-state index in [0.29, 0.717) is 18.6 Å². The summed E-state index contributed by atoms with van der Waals surface area (Å²) >= 11 is 0. The summed E-state index contributed by atoms with van der Waals surface area (Å²) in [4.78, 5) is 8.72. The van der Waals surface area contributed by atoms with Crippen LogP contribution in [0.5, 0.6) is 0 Å². The highest BCUT2D eigenvalue weighted by Gasteiger charge is 2.65. The van der Waals surface area contributed by atoms with Gasteiger partial charge in [-0.1, -0.05) is 19.4 Å². The molecule has 1 rings (SSSR count). The smallest absolute Gasteiger partial charge is 0.295 e. The van der Waals surface area contributed by atoms with Gasteiger partial charge in [0.2, 0.25) is 20.0 Å². The van der Waals surface area contributed by atoms with Crippen LogP contribution in [0.25, 0.3) is 0 Å². The second-order valence-electron chi connectivity index (χ2n) is 4.96. The van der Waals surface area contributed by atoms with E-state index >= 15 is 0 Å². The highest BCUT2D eigenvalue weighted by Crippen LogP contribution is 3.02. The van der Waals surface area contributed by atoms with Gasteiger partial charge in [-0.05, 0) is 25.1 Å². The van der Waals surface area contributed by atoms with Gasteiger partial charge in [-0.15, -0.1) is 0 Å². The third-order valence-electron chi connectivity index (χ3n) is 2.56. The van der Waals surface area contributed by atoms with Gasteiger partial charge in [0.05, 0.1) is 18.2 Å². The number of hydrogen-bond acceptors (Lipinski definition) is 5. The maximum absolute atomic E-state index is 13.0. The van der Waals surface area contributed by atoms with E-state index in [1.54, 1.807) is 0 Å². The molecule has 0 heterocycles. The third-order valence-corrected chi connectivity index (χ3v) is 6.93. The van der Waals surface area contributed by atoms with Crippen LogP contribution in [-0.4, -0.2) is 35.1 Å². The fourth-order valence-electron chi connectivity index (χ4n) is 1.74. The van der Waals surface area contributed by atoms with E-state index in [-0.39, 0.29) is 12.1 Å². The van der Waals surface area contributed by atoms with E-state index in [2.05, 4.69) is 0 Å². The van der Waals surface area contributed by atoms with Crippen LogP contribution >= 0.6 is 10.2 Å². The van der Waals surface area contributed by atoms with Gasteiger partial charge in [0.1, 0.15) is 4.90 Å². The molecule has 24 heavy (non-hydrogen) atoms. The van der Waals surface area contributed by atoms with Crippen LogP contribution in [0, 0.1) is 0 Å². The maximum atomic E-state index is 13.0. The van der Waals surface area contributed by atoms with Crippen molar-refractivity contribution in [2.45, 2.75) is 11.8 Å². The van der Waals surface area contributed by atoms with Gasteiger partial charge < -0.3 is 0 Å². The molecule has 0 aliphatic heterocycles. The number of benzene rings is 1. The third kappa shape index (κ3) is 4.80. The summed E-state index contributed by atoms with van der Waals surface area (Å²) in [6.07, 6.45) is 0.710. The Kier molecular flexibility index (Phi) is 4.14. The molecule has 0 bridgehead atoms. The summed E-state index contributed by atoms with van der Waals surface area (Å²) in [6.45, 7) is 0.750. The number of nitrogens with zero attached hydrogens (tertiary/aromatic N) is 1. The van der Waals surface area contributed by atoms with E-state index in [9.17, 15) is 41.1 Å². The minimum Gasteiger partial charge on any atom is -0.295 e. The molecule has 0 radical (unpaired) electrons. The summed E-state index contributed by atoms with van der Waals surface area (Å²) in [5.41, 5.74) is -2.16. The van der Waals surface area contributed by atoms with Crippen LogP contribution in [0.1, 0.15) is 17.3 Å². The second-order valence-corrected chi connectivity index (χ2v) is 11.3. The lowest BCUT2D eigenvalue weighted by Crippen LogP contribution is -2.35. The van der Waals surface area contributed by atoms with Crippen LogP contribution in [0.4, 0.5) is 25.1 Å². The van der Waals surface area contributed by atoms with Crippen molar-refractivity contribution < 1.29 is 41.1 Å². The van der Waals surface area contributed by atoms with Gasteiger partial charge in [0.15, 0.2) is 5.78 Å². The average Bonchev–Trinajstić information content (AvgIpc) is 2.20. The first-order valence-corrected chi connectivity index (χ1v) is 11.4. The molecule has 1 aromatic rings. The molecule has 0 atom stereocenters. The Morgan fingerprint density at radius 1 is 0.917 bits per heavy atom. The monoisotopic (exact) mass is 417 g/mol. The zero-order valence-corrected chi connectivity index (χ0v) is 14.8. The molecule has 0 amide bonds. The van der Waals surface area contributed by atoms with Gasteiger partial charge in [-0.2, -0.15) is 3.71 Å². The fraction of sp³-hybridized carbons (Fsp3) is 0.300. The number of halogens is 5. The van der Waals surface area contributed by atoms with E-state index in [0.717, 1.165) is 6.92 Å². The summed E-state index contributed by atoms with van der Waals surface area (Å²) in [7, 11) is -19.7. The number of anilines is 1. The van der Waals surface area contributed by atoms with Crippen LogP contribution in [0.2, 0.25) is 0 Å². The second kappa shape index (κ2) is 4.82. The normalized spacial score (nSPS) is 16.2. The first-order valence-electron chi connectivity index (χ1n) is 5.73. The number of rotatable bonds is 5. The van der Waals surface area contributed by atoms with Crippen molar-refractivity contribution in [2.75, 3.05) is 16.2 Å². The molecule has 140 valence electrons. The van der Waals surface area contributed by atoms with E-state index < -0.39 is 55.9 Å². The van der Waals surface area contributed by atoms with Gasteiger partial charge >= 0.3 is 10.2 Å². The van der Waals surface area contributed by atoms with Crippen molar-refractivity contribution in [3.63, 3.8) is 0 Å². The number of Topliss-reactive ketones (excluding diaryl/α,β-unsaturated/α-hetero) is 1. The molecule has 0 spiro atoms. The topological polar surface area (TPSA) is 88.6 Å². The minimum absolute atomic E-state index is 0.157. The molecule has 1 aromatic carbocycles. The lowest BCUT2D eigenvalue weighted by Gasteiger charge is -2.41. The SMILES string of the molecule is CC(=O)c1cc(N(S(C)(=O)=O)S(C)(=O)=O)cc(S(F)(F)(F)(F)F)c1. The highest BCUT2D eigenvalue weighted by molar-refractivity contribution is 8.45. The molecule has 0 saturated carbocycles. The Morgan fingerprint density at radius 3 is 1.62 bits per heavy atom. The van der Waals surface area contributed by atoms with Crippen molar-refractivity contribution in [1.29, 1.82) is 0 Å². The minimum atomic E-state index is -10.3. The molecular formula is C10H12F5NO5S3. The standard InChI is InChI=1S/C10H12F5NO5S3/c1-7(17)8-4-9(16(22(2,18)19)23(3,20)21)6-10(5-8)24(11,12,13,14)15/h4-6H,1-3H3. The van der Waals surface area contributed by atoms with Gasteiger partial charge in [0, 0.05) is 5.56 Å². The lowest BCUT2D eigenvalue weighted by molar-refractivity contribution is 0.101. The number of carbonyl (C=O) groups excluding carboxylic acids is 1. The van der Waals surface area contributed by atoms with Crippen LogP contribution in [0.3, 0.4) is 0 Å². The molecular weight excluding hydrogens is 405 g/mol. The predicted octanol–water partition coefficient (Wildman–Crippen LogP) is 3.27. The largest absolute Gasteiger partial charge is 0.310 e. The Hall–Kier alpha value is -1.41. The zero-order chi connectivity index (χ0) is 19.4. The van der Waals surface area contributed by atoms with Crippen molar-refractivity contribution >= 4 is 41.7 Å². The van der Waals surface area contributed by atoms with E-state index in [1.807, 2.05) is 0 Å². The average molecular weight is 417 g/mol. The Morgan fingerprint density at radius 2 is 1.33 bits per heavy atom. The van der Waals surface area contributed by atoms with Gasteiger partial charge in [0.25, 0.3) is 0 Å². The van der Waals surface area contributed by atoms with Crippen molar-refractivity contribution in [2.24, 2.45) is 0 Å². The van der Waals surface area contributed by atoms with Crippen LogP contribution < -0.4 is 3.71 Å². The molecule has 0 fully saturated rings. The molecule has 0 N–H and O–H groups in total. The molecule has 0 aliphatic carbocycles. The number of ketones is 1. The molecule has 14 heteroatoms. The molecule has 6 nitrogen and oxygen atoms in total. The van der Waals surface area contributed by atoms with Crippen molar-refractivity contribution in [3.05, 3.63) is 23.8 Å². The number of hydrogen-bond donors (Lipinski definition) is 0. The predicted molar refractivity (Wildman–Crippen MR) is 80.0 cm³/mol. The van der Waals surface area contributed by atoms with E-state index in [1.165, 1.54) is 0 Å². The molecule has 0 aliphatic rings. The van der Waals surface area contributed by atoms with Crippen LogP contribution in [0.15, 0.2) is 23.1 Å². The summed E-state index contributed by atoms with van der Waals surface area (Å²) < 4.78 is 111. The summed E-state index contributed by atoms with van der Waals surface area (Å²) in [5.74, 6) is -1.10. The van der Waals surface area contributed by atoms with Crippen LogP contribution in [-0.2, 0) is 20.0 Å². The Labute approximate surface area is 135 Å². The number of carbonyl (C=O) groups is 1. The Bertz CT molecular complexity index is 890. The highest BCUT2D eigenvalue weighted by atomic mass is 32.5. The fourth-order valence-corrected chi connectivity index (χ4v) is 5.38. The molecule has 0 aromatic heterocycles. The summed E-state index contributed by atoms with van der Waals surface area (Å²) in [5, 5.41) is 0. The first-order chi connectivity index (χ1) is 10.1. The quantitative estimate of drug-likeness (QED) is 0.542.